The first-order chi connectivity index (χ1) is 14.9. The molecule has 0 saturated heterocycles. The lowest BCUT2D eigenvalue weighted by Gasteiger charge is -2.33. The Morgan fingerprint density at radius 1 is 1.10 bits per heavy atom. The number of aliphatic imine (C=N–C) groups is 1. The van der Waals surface area contributed by atoms with Crippen LogP contribution in [0.1, 0.15) is 25.0 Å². The third kappa shape index (κ3) is 4.24. The first-order valence-electron chi connectivity index (χ1n) is 9.99. The van der Waals surface area contributed by atoms with Crippen LogP contribution in [0.2, 0.25) is 0 Å². The summed E-state index contributed by atoms with van der Waals surface area (Å²) in [6, 6.07) is 11.0. The number of fused-ring (bicyclic) bond motifs is 1. The van der Waals surface area contributed by atoms with Crippen molar-refractivity contribution in [3.63, 3.8) is 0 Å². The number of ether oxygens (including phenoxy) is 2. The second kappa shape index (κ2) is 9.40. The smallest absolute Gasteiger partial charge is 0.182 e. The molecule has 166 valence electrons. The highest BCUT2D eigenvalue weighted by molar-refractivity contribution is 7.89. The summed E-state index contributed by atoms with van der Waals surface area (Å²) in [7, 11) is 1.52. The minimum atomic E-state index is -1.62. The van der Waals surface area contributed by atoms with E-state index in [1.807, 2.05) is 39.0 Å². The minimum Gasteiger partial charge on any atom is -0.493 e. The molecule has 9 heteroatoms. The van der Waals surface area contributed by atoms with Gasteiger partial charge in [-0.15, -0.1) is 0 Å². The third-order valence-electron chi connectivity index (χ3n) is 5.16. The number of benzene rings is 2. The summed E-state index contributed by atoms with van der Waals surface area (Å²) in [5.74, 6) is 8.44. The lowest BCUT2D eigenvalue weighted by atomic mass is 10.1. The normalized spacial score (nSPS) is 15.7. The van der Waals surface area contributed by atoms with Gasteiger partial charge in [-0.25, -0.2) is 15.0 Å². The van der Waals surface area contributed by atoms with Crippen molar-refractivity contribution in [2.24, 2.45) is 16.6 Å². The highest BCUT2D eigenvalue weighted by Gasteiger charge is 2.30. The molecular formula is C22H29N5O3S. The van der Waals surface area contributed by atoms with Gasteiger partial charge in [-0.3, -0.25) is 5.01 Å². The maximum Gasteiger partial charge on any atom is 0.182 e. The molecule has 3 rings (SSSR count). The van der Waals surface area contributed by atoms with E-state index in [9.17, 15) is 4.21 Å². The van der Waals surface area contributed by atoms with Crippen LogP contribution in [0, 0.1) is 6.92 Å². The van der Waals surface area contributed by atoms with Crippen molar-refractivity contribution < 1.29 is 13.7 Å². The summed E-state index contributed by atoms with van der Waals surface area (Å²) in [6.07, 6.45) is 0. The van der Waals surface area contributed by atoms with Gasteiger partial charge in [0.15, 0.2) is 17.3 Å². The molecule has 31 heavy (non-hydrogen) atoms. The second-order valence-electron chi connectivity index (χ2n) is 6.97. The molecule has 0 aromatic heterocycles. The number of amidine groups is 1. The Morgan fingerprint density at radius 2 is 1.68 bits per heavy atom. The number of nitrogens with two attached hydrogens (primary N) is 2. The number of hydrogen-bond acceptors (Lipinski definition) is 8. The molecule has 2 aromatic rings. The van der Waals surface area contributed by atoms with E-state index in [2.05, 4.69) is 4.90 Å². The number of hydrogen-bond donors (Lipinski definition) is 2. The zero-order chi connectivity index (χ0) is 22.7. The Kier molecular flexibility index (Phi) is 6.87. The van der Waals surface area contributed by atoms with Crippen LogP contribution in [0.5, 0.6) is 11.5 Å². The van der Waals surface area contributed by atoms with Crippen molar-refractivity contribution in [2.45, 2.75) is 25.7 Å². The van der Waals surface area contributed by atoms with Gasteiger partial charge >= 0.3 is 0 Å². The largest absolute Gasteiger partial charge is 0.493 e. The Balaban J connectivity index is 2.21. The van der Waals surface area contributed by atoms with Gasteiger partial charge in [0.2, 0.25) is 0 Å². The van der Waals surface area contributed by atoms with E-state index < -0.39 is 10.8 Å². The summed E-state index contributed by atoms with van der Waals surface area (Å²) < 4.78 is 24.1. The highest BCUT2D eigenvalue weighted by atomic mass is 32.2. The lowest BCUT2D eigenvalue weighted by Crippen LogP contribution is -2.41. The van der Waals surface area contributed by atoms with Crippen LogP contribution in [0.4, 0.5) is 5.69 Å². The van der Waals surface area contributed by atoms with Crippen molar-refractivity contribution in [1.82, 2.24) is 4.90 Å². The van der Waals surface area contributed by atoms with Crippen LogP contribution in [0.3, 0.4) is 0 Å². The predicted octanol–water partition coefficient (Wildman–Crippen LogP) is 2.69. The molecule has 1 heterocycles. The standard InChI is InChI=1S/C22H29N5O3S/c1-6-26(7-2)21-16-12-18(29-4)19(30-5)13-17(16)27(24)22(25-21)20(23)31(28)15-10-8-14(3)9-11-15/h8-13H,6-7,23-24H2,1-5H3/b22-20+. The van der Waals surface area contributed by atoms with E-state index in [1.54, 1.807) is 32.4 Å². The summed E-state index contributed by atoms with van der Waals surface area (Å²) in [6.45, 7) is 7.50. The maximum absolute atomic E-state index is 13.2. The first kappa shape index (κ1) is 22.6. The Bertz CT molecular complexity index is 1050. The average Bonchev–Trinajstić information content (AvgIpc) is 2.79. The number of aryl methyl sites for hydroxylation is 1. The Hall–Kier alpha value is -3.04. The number of hydrazine groups is 1. The first-order valence-corrected chi connectivity index (χ1v) is 11.1. The summed E-state index contributed by atoms with van der Waals surface area (Å²) in [4.78, 5) is 7.42. The third-order valence-corrected chi connectivity index (χ3v) is 6.44. The van der Waals surface area contributed by atoms with Crippen molar-refractivity contribution in [3.8, 4) is 11.5 Å². The fraction of sp³-hybridized carbons (Fsp3) is 0.318. The van der Waals surface area contributed by atoms with E-state index >= 15 is 0 Å². The van der Waals surface area contributed by atoms with Gasteiger partial charge in [0.05, 0.1) is 19.9 Å². The van der Waals surface area contributed by atoms with Crippen LogP contribution in [-0.4, -0.2) is 42.3 Å². The van der Waals surface area contributed by atoms with Crippen LogP contribution in [0.15, 0.2) is 57.1 Å². The molecular weight excluding hydrogens is 414 g/mol. The van der Waals surface area contributed by atoms with Gasteiger partial charge in [0.25, 0.3) is 0 Å². The molecule has 0 bridgehead atoms. The summed E-state index contributed by atoms with van der Waals surface area (Å²) in [5.41, 5.74) is 8.84. The van der Waals surface area contributed by atoms with Crippen LogP contribution >= 0.6 is 0 Å². The predicted molar refractivity (Wildman–Crippen MR) is 124 cm³/mol. The van der Waals surface area contributed by atoms with Gasteiger partial charge in [-0.2, -0.15) is 0 Å². The Labute approximate surface area is 185 Å². The SMILES string of the molecule is CCN(CC)C1=N/C(=C(/N)S(=O)c2ccc(C)cc2)N(N)c2cc(OC)c(OC)cc21. The number of anilines is 1. The van der Waals surface area contributed by atoms with Crippen LogP contribution in [-0.2, 0) is 10.8 Å². The molecule has 0 radical (unpaired) electrons. The van der Waals surface area contributed by atoms with Gasteiger partial charge in [0, 0.05) is 29.6 Å². The van der Waals surface area contributed by atoms with Gasteiger partial charge in [-0.05, 0) is 39.0 Å². The molecule has 0 spiro atoms. The lowest BCUT2D eigenvalue weighted by molar-refractivity contribution is 0.354. The van der Waals surface area contributed by atoms with Gasteiger partial charge in [-0.1, -0.05) is 17.7 Å². The number of nitrogens with zero attached hydrogens (tertiary/aromatic N) is 3. The summed E-state index contributed by atoms with van der Waals surface area (Å²) in [5, 5.41) is 1.43. The van der Waals surface area contributed by atoms with Gasteiger partial charge < -0.3 is 20.1 Å². The van der Waals surface area contributed by atoms with Crippen LogP contribution in [0.25, 0.3) is 0 Å². The highest BCUT2D eigenvalue weighted by Crippen LogP contribution is 2.39. The van der Waals surface area contributed by atoms with E-state index in [4.69, 9.17) is 26.0 Å². The fourth-order valence-corrected chi connectivity index (χ4v) is 4.33. The van der Waals surface area contributed by atoms with E-state index in [1.165, 1.54) is 5.01 Å². The number of rotatable bonds is 6. The van der Waals surface area contributed by atoms with Crippen molar-refractivity contribution >= 4 is 22.3 Å². The minimum absolute atomic E-state index is 0.0800. The molecule has 0 saturated carbocycles. The molecule has 1 atom stereocenters. The molecule has 1 aliphatic heterocycles. The monoisotopic (exact) mass is 443 g/mol. The zero-order valence-electron chi connectivity index (χ0n) is 18.5. The van der Waals surface area contributed by atoms with Crippen molar-refractivity contribution in [1.29, 1.82) is 0 Å². The van der Waals surface area contributed by atoms with Gasteiger partial charge in [0.1, 0.15) is 21.7 Å². The zero-order valence-corrected chi connectivity index (χ0v) is 19.3. The molecule has 2 aromatic carbocycles. The van der Waals surface area contributed by atoms with E-state index in [-0.39, 0.29) is 10.9 Å². The quantitative estimate of drug-likeness (QED) is 0.661. The number of methoxy groups -OCH3 is 2. The molecule has 1 unspecified atom stereocenters. The van der Waals surface area contributed by atoms with Crippen molar-refractivity contribution in [2.75, 3.05) is 32.3 Å². The Morgan fingerprint density at radius 3 is 2.23 bits per heavy atom. The summed E-state index contributed by atoms with van der Waals surface area (Å²) >= 11 is 0. The topological polar surface area (TPSA) is 106 Å². The molecule has 1 aliphatic rings. The molecule has 0 fully saturated rings. The van der Waals surface area contributed by atoms with Crippen LogP contribution < -0.4 is 26.1 Å². The molecule has 0 aliphatic carbocycles. The molecule has 8 nitrogen and oxygen atoms in total. The van der Waals surface area contributed by atoms with Crippen molar-refractivity contribution in [3.05, 3.63) is 58.4 Å². The molecule has 4 N–H and O–H groups in total. The van der Waals surface area contributed by atoms with E-state index in [0.29, 0.717) is 27.9 Å². The second-order valence-corrected chi connectivity index (χ2v) is 8.42. The fourth-order valence-electron chi connectivity index (χ4n) is 3.38. The van der Waals surface area contributed by atoms with E-state index in [0.717, 1.165) is 24.2 Å². The maximum atomic E-state index is 13.2. The average molecular weight is 444 g/mol. The molecule has 0 amide bonds.